The number of carbonyl (C=O) groups excluding carboxylic acids is 1. The molecule has 2 aromatic rings. The fraction of sp³-hybridized carbons (Fsp3) is 0.500. The monoisotopic (exact) mass is 351 g/mol. The fourth-order valence-corrected chi connectivity index (χ4v) is 3.75. The lowest BCUT2D eigenvalue weighted by Gasteiger charge is -2.36. The summed E-state index contributed by atoms with van der Waals surface area (Å²) in [7, 11) is 10.2. The molecule has 3 rings (SSSR count). The fourth-order valence-electron chi connectivity index (χ4n) is 3.75. The highest BCUT2D eigenvalue weighted by atomic mass is 16.5. The Morgan fingerprint density at radius 1 is 1.35 bits per heavy atom. The molecule has 1 saturated heterocycles. The first-order valence-corrected chi connectivity index (χ1v) is 9.24. The molecule has 0 spiro atoms. The van der Waals surface area contributed by atoms with E-state index in [0.29, 0.717) is 23.6 Å². The summed E-state index contributed by atoms with van der Waals surface area (Å²) in [6.45, 7) is 5.09. The maximum atomic E-state index is 12.5. The van der Waals surface area contributed by atoms with Gasteiger partial charge in [-0.25, -0.2) is 4.79 Å². The second-order valence-corrected chi connectivity index (χ2v) is 7.21. The Balaban J connectivity index is 1.98. The summed E-state index contributed by atoms with van der Waals surface area (Å²) in [5.41, 5.74) is 2.95. The van der Waals surface area contributed by atoms with Crippen molar-refractivity contribution in [2.75, 3.05) is 45.2 Å². The van der Waals surface area contributed by atoms with Gasteiger partial charge in [0.2, 0.25) is 0 Å². The molecule has 0 unspecified atom stereocenters. The van der Waals surface area contributed by atoms with Crippen molar-refractivity contribution < 1.29 is 9.53 Å². The Morgan fingerprint density at radius 2 is 2.08 bits per heavy atom. The molecule has 0 saturated carbocycles. The highest BCUT2D eigenvalue weighted by Gasteiger charge is 2.26. The third kappa shape index (κ3) is 4.01. The van der Waals surface area contributed by atoms with E-state index in [1.54, 1.807) is 6.20 Å². The van der Waals surface area contributed by atoms with Crippen LogP contribution in [0.1, 0.15) is 30.1 Å². The minimum absolute atomic E-state index is 0.324. The molecule has 0 N–H and O–H groups in total. The smallest absolute Gasteiger partial charge is 0.341 e. The first-order valence-electron chi connectivity index (χ1n) is 9.24. The number of ether oxygens (including phenoxy) is 1. The van der Waals surface area contributed by atoms with Crippen molar-refractivity contribution in [3.05, 3.63) is 30.0 Å². The van der Waals surface area contributed by atoms with Gasteiger partial charge in [-0.05, 0) is 45.8 Å². The molecule has 1 aromatic carbocycles. The molecule has 2 heterocycles. The van der Waals surface area contributed by atoms with Crippen molar-refractivity contribution in [1.82, 2.24) is 9.88 Å². The van der Waals surface area contributed by atoms with E-state index < -0.39 is 0 Å². The van der Waals surface area contributed by atoms with Gasteiger partial charge >= 0.3 is 5.97 Å². The Hall–Kier alpha value is -2.08. The number of aromatic nitrogens is 1. The summed E-state index contributed by atoms with van der Waals surface area (Å²) in [6.07, 6.45) is 3.84. The highest BCUT2D eigenvalue weighted by Crippen LogP contribution is 2.33. The number of carbonyl (C=O) groups is 1. The lowest BCUT2D eigenvalue weighted by molar-refractivity contribution is 0.0526. The first-order chi connectivity index (χ1) is 12.5. The minimum Gasteiger partial charge on any atom is -0.462 e. The standard InChI is InChI=1S/C20H26BN3O2/c1-4-26-20(25)17-12-22-18-6-5-15(21)11-16(18)19(17)24-9-7-14(8-10-24)13-23(2)3/h5-6,11-12,14H,4,7-10,13H2,1-3H3. The van der Waals surface area contributed by atoms with Crippen molar-refractivity contribution in [3.63, 3.8) is 0 Å². The molecule has 1 aromatic heterocycles. The SMILES string of the molecule is [B]c1ccc2ncc(C(=O)OCC)c(N3CCC(CN(C)C)CC3)c2c1. The number of hydrogen-bond donors (Lipinski definition) is 0. The summed E-state index contributed by atoms with van der Waals surface area (Å²) in [5, 5.41) is 0.918. The van der Waals surface area contributed by atoms with Crippen LogP contribution >= 0.6 is 0 Å². The van der Waals surface area contributed by atoms with Crippen molar-refractivity contribution in [3.8, 4) is 0 Å². The molecule has 5 nitrogen and oxygen atoms in total. The number of anilines is 1. The van der Waals surface area contributed by atoms with Crippen LogP contribution < -0.4 is 10.4 Å². The van der Waals surface area contributed by atoms with Gasteiger partial charge in [-0.15, -0.1) is 0 Å². The zero-order valence-corrected chi connectivity index (χ0v) is 15.9. The third-order valence-corrected chi connectivity index (χ3v) is 4.91. The van der Waals surface area contributed by atoms with E-state index in [2.05, 4.69) is 28.9 Å². The van der Waals surface area contributed by atoms with Crippen molar-refractivity contribution in [2.24, 2.45) is 5.92 Å². The largest absolute Gasteiger partial charge is 0.462 e. The van der Waals surface area contributed by atoms with Crippen molar-refractivity contribution >= 4 is 35.9 Å². The zero-order valence-electron chi connectivity index (χ0n) is 15.9. The van der Waals surface area contributed by atoms with Gasteiger partial charge in [-0.1, -0.05) is 17.6 Å². The maximum Gasteiger partial charge on any atom is 0.341 e. The van der Waals surface area contributed by atoms with Crippen LogP contribution in [0.4, 0.5) is 5.69 Å². The number of piperidine rings is 1. The van der Waals surface area contributed by atoms with Gasteiger partial charge in [0.15, 0.2) is 0 Å². The van der Waals surface area contributed by atoms with Gasteiger partial charge in [-0.3, -0.25) is 4.98 Å². The number of pyridine rings is 1. The average molecular weight is 351 g/mol. The molecule has 26 heavy (non-hydrogen) atoms. The van der Waals surface area contributed by atoms with Gasteiger partial charge in [0, 0.05) is 31.2 Å². The summed E-state index contributed by atoms with van der Waals surface area (Å²) in [6, 6.07) is 5.65. The van der Waals surface area contributed by atoms with Crippen LogP contribution in [0.15, 0.2) is 24.4 Å². The number of esters is 1. The summed E-state index contributed by atoms with van der Waals surface area (Å²) < 4.78 is 5.27. The summed E-state index contributed by atoms with van der Waals surface area (Å²) >= 11 is 0. The molecular formula is C20H26BN3O2. The van der Waals surface area contributed by atoms with E-state index >= 15 is 0 Å². The van der Waals surface area contributed by atoms with Gasteiger partial charge in [0.1, 0.15) is 13.4 Å². The van der Waals surface area contributed by atoms with Gasteiger partial charge < -0.3 is 14.5 Å². The van der Waals surface area contributed by atoms with E-state index in [1.165, 1.54) is 0 Å². The van der Waals surface area contributed by atoms with E-state index in [4.69, 9.17) is 12.6 Å². The Labute approximate surface area is 156 Å². The molecule has 136 valence electrons. The van der Waals surface area contributed by atoms with Gasteiger partial charge in [0.05, 0.1) is 17.8 Å². The first kappa shape index (κ1) is 18.7. The quantitative estimate of drug-likeness (QED) is 0.609. The number of rotatable bonds is 5. The molecular weight excluding hydrogens is 325 g/mol. The number of hydrogen-bond acceptors (Lipinski definition) is 5. The van der Waals surface area contributed by atoms with Crippen molar-refractivity contribution in [2.45, 2.75) is 19.8 Å². The number of benzene rings is 1. The Morgan fingerprint density at radius 3 is 2.73 bits per heavy atom. The second kappa shape index (κ2) is 8.08. The third-order valence-electron chi connectivity index (χ3n) is 4.91. The maximum absolute atomic E-state index is 12.5. The molecule has 0 atom stereocenters. The van der Waals surface area contributed by atoms with Crippen LogP contribution in [-0.2, 0) is 4.74 Å². The lowest BCUT2D eigenvalue weighted by Crippen LogP contribution is -2.38. The van der Waals surface area contributed by atoms with Crippen LogP contribution in [0.2, 0.25) is 0 Å². The van der Waals surface area contributed by atoms with E-state index in [-0.39, 0.29) is 5.97 Å². The molecule has 2 radical (unpaired) electrons. The summed E-state index contributed by atoms with van der Waals surface area (Å²) in [4.78, 5) is 21.5. The highest BCUT2D eigenvalue weighted by molar-refractivity contribution is 6.33. The molecule has 1 fully saturated rings. The topological polar surface area (TPSA) is 45.7 Å². The van der Waals surface area contributed by atoms with Gasteiger partial charge in [-0.2, -0.15) is 0 Å². The van der Waals surface area contributed by atoms with E-state index in [9.17, 15) is 4.79 Å². The molecule has 0 bridgehead atoms. The van der Waals surface area contributed by atoms with E-state index in [1.807, 2.05) is 25.1 Å². The lowest BCUT2D eigenvalue weighted by atomic mass is 9.92. The Kier molecular flexibility index (Phi) is 5.82. The zero-order chi connectivity index (χ0) is 18.7. The van der Waals surface area contributed by atoms with Crippen LogP contribution in [0.25, 0.3) is 10.9 Å². The second-order valence-electron chi connectivity index (χ2n) is 7.21. The van der Waals surface area contributed by atoms with Gasteiger partial charge in [0.25, 0.3) is 0 Å². The average Bonchev–Trinajstić information content (AvgIpc) is 2.61. The van der Waals surface area contributed by atoms with Crippen LogP contribution in [0, 0.1) is 5.92 Å². The molecule has 1 aliphatic rings. The van der Waals surface area contributed by atoms with Crippen LogP contribution in [0.3, 0.4) is 0 Å². The predicted octanol–water partition coefficient (Wildman–Crippen LogP) is 1.98. The number of fused-ring (bicyclic) bond motifs is 1. The molecule has 0 amide bonds. The molecule has 1 aliphatic heterocycles. The number of nitrogens with zero attached hydrogens (tertiary/aromatic N) is 3. The predicted molar refractivity (Wildman–Crippen MR) is 107 cm³/mol. The van der Waals surface area contributed by atoms with Crippen molar-refractivity contribution in [1.29, 1.82) is 0 Å². The van der Waals surface area contributed by atoms with Crippen LogP contribution in [0.5, 0.6) is 0 Å². The summed E-state index contributed by atoms with van der Waals surface area (Å²) in [5.74, 6) is 0.361. The minimum atomic E-state index is -0.324. The van der Waals surface area contributed by atoms with E-state index in [0.717, 1.165) is 49.1 Å². The molecule has 0 aliphatic carbocycles. The van der Waals surface area contributed by atoms with Crippen LogP contribution in [-0.4, -0.2) is 64.0 Å². The Bertz CT molecular complexity index is 786. The molecule has 6 heteroatoms. The normalized spacial score (nSPS) is 15.6.